The van der Waals surface area contributed by atoms with Gasteiger partial charge >= 0.3 is 0 Å². The first kappa shape index (κ1) is 13.4. The Morgan fingerprint density at radius 1 is 1.24 bits per heavy atom. The molecule has 4 unspecified atom stereocenters. The lowest BCUT2D eigenvalue weighted by Crippen LogP contribution is -2.50. The summed E-state index contributed by atoms with van der Waals surface area (Å²) in [5, 5.41) is 10.7. The van der Waals surface area contributed by atoms with E-state index in [1.54, 1.807) is 0 Å². The summed E-state index contributed by atoms with van der Waals surface area (Å²) in [5.41, 5.74) is -0.270. The van der Waals surface area contributed by atoms with E-state index in [0.29, 0.717) is 11.8 Å². The smallest absolute Gasteiger partial charge is 0.0915 e. The second-order valence-corrected chi connectivity index (χ2v) is 6.18. The van der Waals surface area contributed by atoms with Gasteiger partial charge in [0, 0.05) is 6.61 Å². The molecule has 4 atom stereocenters. The molecule has 0 spiro atoms. The third kappa shape index (κ3) is 2.85. The molecule has 0 bridgehead atoms. The second-order valence-electron chi connectivity index (χ2n) is 6.18. The highest BCUT2D eigenvalue weighted by atomic mass is 16.5. The van der Waals surface area contributed by atoms with Gasteiger partial charge in [-0.05, 0) is 44.4 Å². The third-order valence-electron chi connectivity index (χ3n) is 5.02. The van der Waals surface area contributed by atoms with Crippen LogP contribution >= 0.6 is 0 Å². The molecule has 17 heavy (non-hydrogen) atoms. The number of aliphatic hydroxyl groups excluding tert-OH is 1. The first-order chi connectivity index (χ1) is 8.17. The maximum absolute atomic E-state index is 10.7. The van der Waals surface area contributed by atoms with E-state index in [4.69, 9.17) is 4.74 Å². The molecule has 100 valence electrons. The zero-order valence-electron chi connectivity index (χ0n) is 11.5. The van der Waals surface area contributed by atoms with E-state index in [0.717, 1.165) is 19.4 Å². The molecule has 2 aliphatic rings. The van der Waals surface area contributed by atoms with Gasteiger partial charge in [0.05, 0.1) is 11.7 Å². The highest BCUT2D eigenvalue weighted by molar-refractivity contribution is 4.93. The molecule has 1 saturated carbocycles. The number of aliphatic hydroxyl groups is 1. The van der Waals surface area contributed by atoms with Crippen molar-refractivity contribution in [2.75, 3.05) is 6.61 Å². The first-order valence-electron chi connectivity index (χ1n) is 7.49. The standard InChI is InChI=1S/C15H28O2/c1-3-12-8-4-5-9-13(12)14(16)15(2)10-6-7-11-17-15/h12-14,16H,3-11H2,1-2H3. The normalized spacial score (nSPS) is 41.1. The quantitative estimate of drug-likeness (QED) is 0.818. The summed E-state index contributed by atoms with van der Waals surface area (Å²) in [6, 6.07) is 0. The van der Waals surface area contributed by atoms with Crippen molar-refractivity contribution in [3.05, 3.63) is 0 Å². The summed E-state index contributed by atoms with van der Waals surface area (Å²) in [7, 11) is 0. The van der Waals surface area contributed by atoms with E-state index >= 15 is 0 Å². The Hall–Kier alpha value is -0.0800. The molecule has 1 heterocycles. The predicted molar refractivity (Wildman–Crippen MR) is 70.0 cm³/mol. The fraction of sp³-hybridized carbons (Fsp3) is 1.00. The molecular weight excluding hydrogens is 212 g/mol. The number of hydrogen-bond donors (Lipinski definition) is 1. The monoisotopic (exact) mass is 240 g/mol. The van der Waals surface area contributed by atoms with Crippen molar-refractivity contribution in [3.8, 4) is 0 Å². The van der Waals surface area contributed by atoms with Crippen LogP contribution in [-0.4, -0.2) is 23.4 Å². The number of ether oxygens (including phenoxy) is 1. The Labute approximate surface area is 106 Å². The van der Waals surface area contributed by atoms with Crippen LogP contribution < -0.4 is 0 Å². The van der Waals surface area contributed by atoms with Crippen LogP contribution in [0.2, 0.25) is 0 Å². The molecule has 1 aliphatic heterocycles. The molecule has 0 radical (unpaired) electrons. The van der Waals surface area contributed by atoms with Gasteiger partial charge in [-0.25, -0.2) is 0 Å². The minimum absolute atomic E-state index is 0.256. The van der Waals surface area contributed by atoms with E-state index in [1.165, 1.54) is 38.5 Å². The number of rotatable bonds is 3. The van der Waals surface area contributed by atoms with Crippen LogP contribution in [0.5, 0.6) is 0 Å². The molecule has 1 saturated heterocycles. The molecule has 2 rings (SSSR count). The van der Waals surface area contributed by atoms with Crippen molar-refractivity contribution >= 4 is 0 Å². The average Bonchev–Trinajstić information content (AvgIpc) is 2.38. The molecular formula is C15H28O2. The van der Waals surface area contributed by atoms with Gasteiger partial charge in [0.25, 0.3) is 0 Å². The lowest BCUT2D eigenvalue weighted by atomic mass is 9.70. The minimum Gasteiger partial charge on any atom is -0.390 e. The van der Waals surface area contributed by atoms with Crippen molar-refractivity contribution in [3.63, 3.8) is 0 Å². The van der Waals surface area contributed by atoms with Crippen molar-refractivity contribution in [2.24, 2.45) is 11.8 Å². The van der Waals surface area contributed by atoms with Gasteiger partial charge in [-0.15, -0.1) is 0 Å². The highest BCUT2D eigenvalue weighted by Crippen LogP contribution is 2.41. The van der Waals surface area contributed by atoms with E-state index in [2.05, 4.69) is 13.8 Å². The van der Waals surface area contributed by atoms with Gasteiger partial charge in [0.1, 0.15) is 0 Å². The number of hydrogen-bond acceptors (Lipinski definition) is 2. The van der Waals surface area contributed by atoms with Gasteiger partial charge in [0.2, 0.25) is 0 Å². The largest absolute Gasteiger partial charge is 0.390 e. The fourth-order valence-corrected chi connectivity index (χ4v) is 3.80. The van der Waals surface area contributed by atoms with Gasteiger partial charge in [-0.1, -0.05) is 32.6 Å². The van der Waals surface area contributed by atoms with Crippen LogP contribution in [-0.2, 0) is 4.74 Å². The molecule has 1 N–H and O–H groups in total. The summed E-state index contributed by atoms with van der Waals surface area (Å²) < 4.78 is 5.92. The van der Waals surface area contributed by atoms with Gasteiger partial charge in [0.15, 0.2) is 0 Å². The Morgan fingerprint density at radius 2 is 2.00 bits per heavy atom. The van der Waals surface area contributed by atoms with Gasteiger partial charge in [-0.3, -0.25) is 0 Å². The molecule has 0 amide bonds. The zero-order chi connectivity index (χ0) is 12.3. The van der Waals surface area contributed by atoms with Crippen LogP contribution in [0.15, 0.2) is 0 Å². The van der Waals surface area contributed by atoms with Crippen LogP contribution in [0.4, 0.5) is 0 Å². The maximum Gasteiger partial charge on any atom is 0.0915 e. The molecule has 0 aromatic carbocycles. The SMILES string of the molecule is CCC1CCCCC1C(O)C1(C)CCCCO1. The van der Waals surface area contributed by atoms with Crippen LogP contribution in [0, 0.1) is 11.8 Å². The Bertz CT molecular complexity index is 233. The zero-order valence-corrected chi connectivity index (χ0v) is 11.5. The van der Waals surface area contributed by atoms with Gasteiger partial charge in [-0.2, -0.15) is 0 Å². The molecule has 0 aromatic rings. The van der Waals surface area contributed by atoms with Crippen molar-refractivity contribution < 1.29 is 9.84 Å². The van der Waals surface area contributed by atoms with Crippen LogP contribution in [0.3, 0.4) is 0 Å². The summed E-state index contributed by atoms with van der Waals surface area (Å²) in [6.07, 6.45) is 9.47. The topological polar surface area (TPSA) is 29.5 Å². The lowest BCUT2D eigenvalue weighted by molar-refractivity contribution is -0.163. The summed E-state index contributed by atoms with van der Waals surface area (Å²) in [5.74, 6) is 1.18. The molecule has 1 aliphatic carbocycles. The lowest BCUT2D eigenvalue weighted by Gasteiger charge is -2.45. The Morgan fingerprint density at radius 3 is 2.65 bits per heavy atom. The predicted octanol–water partition coefficient (Wildman–Crippen LogP) is 3.52. The van der Waals surface area contributed by atoms with Crippen LogP contribution in [0.1, 0.15) is 65.2 Å². The third-order valence-corrected chi connectivity index (χ3v) is 5.02. The van der Waals surface area contributed by atoms with E-state index < -0.39 is 0 Å². The molecule has 2 nitrogen and oxygen atoms in total. The summed E-state index contributed by atoms with van der Waals surface area (Å²) in [4.78, 5) is 0. The van der Waals surface area contributed by atoms with E-state index in [-0.39, 0.29) is 11.7 Å². The van der Waals surface area contributed by atoms with E-state index in [1.807, 2.05) is 0 Å². The van der Waals surface area contributed by atoms with Crippen molar-refractivity contribution in [2.45, 2.75) is 76.9 Å². The maximum atomic E-state index is 10.7. The minimum atomic E-state index is -0.270. The Balaban J connectivity index is 2.03. The fourth-order valence-electron chi connectivity index (χ4n) is 3.80. The van der Waals surface area contributed by atoms with Crippen molar-refractivity contribution in [1.82, 2.24) is 0 Å². The van der Waals surface area contributed by atoms with Crippen LogP contribution in [0.25, 0.3) is 0 Å². The molecule has 2 heteroatoms. The first-order valence-corrected chi connectivity index (χ1v) is 7.49. The second kappa shape index (κ2) is 5.71. The van der Waals surface area contributed by atoms with Crippen molar-refractivity contribution in [1.29, 1.82) is 0 Å². The molecule has 2 fully saturated rings. The average molecular weight is 240 g/mol. The Kier molecular flexibility index (Phi) is 4.48. The van der Waals surface area contributed by atoms with E-state index in [9.17, 15) is 5.11 Å². The summed E-state index contributed by atoms with van der Waals surface area (Å²) in [6.45, 7) is 5.22. The summed E-state index contributed by atoms with van der Waals surface area (Å²) >= 11 is 0. The molecule has 0 aromatic heterocycles. The van der Waals surface area contributed by atoms with Gasteiger partial charge < -0.3 is 9.84 Å². The highest BCUT2D eigenvalue weighted by Gasteiger charge is 2.43.